The minimum atomic E-state index is -0.302. The molecule has 0 unspecified atom stereocenters. The third-order valence-electron chi connectivity index (χ3n) is 3.19. The Morgan fingerprint density at radius 3 is 2.75 bits per heavy atom. The summed E-state index contributed by atoms with van der Waals surface area (Å²) in [5, 5.41) is 3.47. The molecule has 0 bridgehead atoms. The average molecular weight is 336 g/mol. The van der Waals surface area contributed by atoms with Gasteiger partial charge in [-0.3, -0.25) is 0 Å². The Morgan fingerprint density at radius 2 is 2.05 bits per heavy atom. The smallest absolute Gasteiger partial charge is 0.141 e. The van der Waals surface area contributed by atoms with Gasteiger partial charge < -0.3 is 10.1 Å². The monoisotopic (exact) mass is 335 g/mol. The molecule has 4 heteroatoms. The number of hydrogen-bond donors (Lipinski definition) is 1. The van der Waals surface area contributed by atoms with Gasteiger partial charge in [0.05, 0.1) is 4.47 Å². The Kier molecular flexibility index (Phi) is 4.03. The second kappa shape index (κ2) is 5.94. The van der Waals surface area contributed by atoms with Gasteiger partial charge in [-0.25, -0.2) is 4.39 Å². The van der Waals surface area contributed by atoms with Gasteiger partial charge in [-0.15, -0.1) is 0 Å². The molecule has 1 fully saturated rings. The van der Waals surface area contributed by atoms with Gasteiger partial charge in [-0.05, 0) is 58.6 Å². The molecule has 104 valence electrons. The van der Waals surface area contributed by atoms with Crippen molar-refractivity contribution in [3.63, 3.8) is 0 Å². The second-order valence-electron chi connectivity index (χ2n) is 4.98. The number of rotatable bonds is 5. The molecule has 0 radical (unpaired) electrons. The summed E-state index contributed by atoms with van der Waals surface area (Å²) in [5.41, 5.74) is 1.20. The largest absolute Gasteiger partial charge is 0.456 e. The molecule has 2 aromatic carbocycles. The lowest BCUT2D eigenvalue weighted by molar-refractivity contribution is 0.473. The summed E-state index contributed by atoms with van der Waals surface area (Å²) in [6.07, 6.45) is 2.56. The van der Waals surface area contributed by atoms with Crippen molar-refractivity contribution in [2.75, 3.05) is 0 Å². The van der Waals surface area contributed by atoms with Crippen LogP contribution in [0.4, 0.5) is 4.39 Å². The maximum absolute atomic E-state index is 13.1. The van der Waals surface area contributed by atoms with Crippen molar-refractivity contribution >= 4 is 15.9 Å². The van der Waals surface area contributed by atoms with Crippen LogP contribution in [0.3, 0.4) is 0 Å². The number of halogens is 2. The van der Waals surface area contributed by atoms with Crippen molar-refractivity contribution in [1.29, 1.82) is 0 Å². The van der Waals surface area contributed by atoms with Gasteiger partial charge in [0, 0.05) is 18.7 Å². The summed E-state index contributed by atoms with van der Waals surface area (Å²) in [6, 6.07) is 12.8. The van der Waals surface area contributed by atoms with E-state index in [1.54, 1.807) is 12.1 Å². The fourth-order valence-corrected chi connectivity index (χ4v) is 2.45. The van der Waals surface area contributed by atoms with E-state index in [4.69, 9.17) is 4.74 Å². The minimum Gasteiger partial charge on any atom is -0.456 e. The molecule has 0 saturated heterocycles. The van der Waals surface area contributed by atoms with Gasteiger partial charge in [-0.1, -0.05) is 12.1 Å². The predicted molar refractivity (Wildman–Crippen MR) is 80.5 cm³/mol. The van der Waals surface area contributed by atoms with Gasteiger partial charge in [0.25, 0.3) is 0 Å². The Morgan fingerprint density at radius 1 is 1.20 bits per heavy atom. The highest BCUT2D eigenvalue weighted by Crippen LogP contribution is 2.31. The molecular weight excluding hydrogens is 321 g/mol. The summed E-state index contributed by atoms with van der Waals surface area (Å²) >= 11 is 3.50. The Bertz CT molecular complexity index is 613. The molecule has 1 aliphatic carbocycles. The quantitative estimate of drug-likeness (QED) is 0.859. The predicted octanol–water partition coefficient (Wildman–Crippen LogP) is 4.63. The molecular formula is C16H15BrFNO. The molecule has 0 aliphatic heterocycles. The summed E-state index contributed by atoms with van der Waals surface area (Å²) in [4.78, 5) is 0. The Hall–Kier alpha value is -1.39. The van der Waals surface area contributed by atoms with E-state index in [0.717, 1.165) is 11.0 Å². The summed E-state index contributed by atoms with van der Waals surface area (Å²) in [6.45, 7) is 0.865. The van der Waals surface area contributed by atoms with Crippen molar-refractivity contribution in [1.82, 2.24) is 5.32 Å². The zero-order valence-electron chi connectivity index (χ0n) is 10.9. The molecule has 0 amide bonds. The zero-order valence-corrected chi connectivity index (χ0v) is 12.5. The van der Waals surface area contributed by atoms with Gasteiger partial charge >= 0.3 is 0 Å². The van der Waals surface area contributed by atoms with Gasteiger partial charge in [0.1, 0.15) is 17.3 Å². The van der Waals surface area contributed by atoms with Crippen LogP contribution in [0.15, 0.2) is 46.9 Å². The molecule has 0 aromatic heterocycles. The topological polar surface area (TPSA) is 21.3 Å². The van der Waals surface area contributed by atoms with Gasteiger partial charge in [0.2, 0.25) is 0 Å². The van der Waals surface area contributed by atoms with Crippen molar-refractivity contribution < 1.29 is 9.13 Å². The lowest BCUT2D eigenvalue weighted by Crippen LogP contribution is -2.15. The van der Waals surface area contributed by atoms with E-state index in [1.165, 1.54) is 30.5 Å². The first kappa shape index (κ1) is 13.6. The number of benzene rings is 2. The van der Waals surface area contributed by atoms with Crippen molar-refractivity contribution in [3.05, 3.63) is 58.3 Å². The van der Waals surface area contributed by atoms with Crippen LogP contribution in [-0.2, 0) is 6.54 Å². The molecule has 1 saturated carbocycles. The zero-order chi connectivity index (χ0) is 13.9. The lowest BCUT2D eigenvalue weighted by atomic mass is 10.2. The first-order chi connectivity index (χ1) is 9.70. The average Bonchev–Trinajstić information content (AvgIpc) is 3.23. The molecule has 20 heavy (non-hydrogen) atoms. The highest BCUT2D eigenvalue weighted by Gasteiger charge is 2.20. The van der Waals surface area contributed by atoms with E-state index >= 15 is 0 Å². The third-order valence-corrected chi connectivity index (χ3v) is 3.81. The van der Waals surface area contributed by atoms with Crippen LogP contribution in [0.1, 0.15) is 18.4 Å². The first-order valence-electron chi connectivity index (χ1n) is 6.66. The number of hydrogen-bond acceptors (Lipinski definition) is 2. The van der Waals surface area contributed by atoms with Crippen molar-refractivity contribution in [2.24, 2.45) is 0 Å². The molecule has 1 aliphatic rings. The lowest BCUT2D eigenvalue weighted by Gasteiger charge is -2.10. The number of nitrogens with one attached hydrogen (secondary N) is 1. The first-order valence-corrected chi connectivity index (χ1v) is 7.45. The van der Waals surface area contributed by atoms with Crippen LogP contribution < -0.4 is 10.1 Å². The molecule has 0 heterocycles. The normalized spacial score (nSPS) is 14.3. The van der Waals surface area contributed by atoms with Crippen LogP contribution in [-0.4, -0.2) is 6.04 Å². The van der Waals surface area contributed by atoms with Gasteiger partial charge in [-0.2, -0.15) is 0 Å². The Balaban J connectivity index is 1.69. The fraction of sp³-hybridized carbons (Fsp3) is 0.250. The molecule has 3 rings (SSSR count). The fourth-order valence-electron chi connectivity index (χ4n) is 1.94. The Labute approximate surface area is 126 Å². The summed E-state index contributed by atoms with van der Waals surface area (Å²) in [5.74, 6) is 0.879. The molecule has 1 N–H and O–H groups in total. The molecule has 2 nitrogen and oxygen atoms in total. The summed E-state index contributed by atoms with van der Waals surface area (Å²) < 4.78 is 19.7. The van der Waals surface area contributed by atoms with E-state index in [0.29, 0.717) is 17.5 Å². The van der Waals surface area contributed by atoms with E-state index < -0.39 is 0 Å². The highest BCUT2D eigenvalue weighted by molar-refractivity contribution is 9.10. The van der Waals surface area contributed by atoms with E-state index in [2.05, 4.69) is 21.2 Å². The SMILES string of the molecule is Fc1cccc(Oc2ccc(CNC3CC3)cc2Br)c1. The van der Waals surface area contributed by atoms with E-state index in [-0.39, 0.29) is 5.82 Å². The second-order valence-corrected chi connectivity index (χ2v) is 5.83. The van der Waals surface area contributed by atoms with Crippen LogP contribution in [0.25, 0.3) is 0 Å². The minimum absolute atomic E-state index is 0.302. The maximum Gasteiger partial charge on any atom is 0.141 e. The standard InChI is InChI=1S/C16H15BrFNO/c17-15-8-11(10-19-13-5-6-13)4-7-16(15)20-14-3-1-2-12(18)9-14/h1-4,7-9,13,19H,5-6,10H2. The van der Waals surface area contributed by atoms with Gasteiger partial charge in [0.15, 0.2) is 0 Å². The summed E-state index contributed by atoms with van der Waals surface area (Å²) in [7, 11) is 0. The van der Waals surface area contributed by atoms with Crippen molar-refractivity contribution in [2.45, 2.75) is 25.4 Å². The van der Waals surface area contributed by atoms with Crippen LogP contribution in [0.5, 0.6) is 11.5 Å². The molecule has 2 aromatic rings. The van der Waals surface area contributed by atoms with Crippen LogP contribution in [0, 0.1) is 5.82 Å². The molecule has 0 atom stereocenters. The van der Waals surface area contributed by atoms with E-state index in [9.17, 15) is 4.39 Å². The van der Waals surface area contributed by atoms with E-state index in [1.807, 2.05) is 18.2 Å². The maximum atomic E-state index is 13.1. The van der Waals surface area contributed by atoms with Crippen LogP contribution >= 0.6 is 15.9 Å². The van der Waals surface area contributed by atoms with Crippen molar-refractivity contribution in [3.8, 4) is 11.5 Å². The molecule has 0 spiro atoms. The number of ether oxygens (including phenoxy) is 1. The van der Waals surface area contributed by atoms with Crippen LogP contribution in [0.2, 0.25) is 0 Å². The highest BCUT2D eigenvalue weighted by atomic mass is 79.9. The third kappa shape index (κ3) is 3.58.